The minimum absolute atomic E-state index is 0.161. The molecule has 6 nitrogen and oxygen atoms in total. The van der Waals surface area contributed by atoms with E-state index in [-0.39, 0.29) is 11.8 Å². The summed E-state index contributed by atoms with van der Waals surface area (Å²) in [6, 6.07) is 23.4. The highest BCUT2D eigenvalue weighted by atomic mass is 32.1. The van der Waals surface area contributed by atoms with Gasteiger partial charge in [0.05, 0.1) is 23.6 Å². The van der Waals surface area contributed by atoms with Crippen LogP contribution in [0.25, 0.3) is 43.4 Å². The number of hydrogen-bond donors (Lipinski definition) is 3. The first kappa shape index (κ1) is 22.3. The number of thiophene rings is 1. The summed E-state index contributed by atoms with van der Waals surface area (Å²) < 4.78 is 7.39. The van der Waals surface area contributed by atoms with Crippen molar-refractivity contribution in [2.45, 2.75) is 12.5 Å². The lowest BCUT2D eigenvalue weighted by Crippen LogP contribution is -2.30. The maximum atomic E-state index is 10.5. The van der Waals surface area contributed by atoms with Crippen molar-refractivity contribution in [3.05, 3.63) is 96.1 Å². The van der Waals surface area contributed by atoms with Crippen LogP contribution in [0.4, 0.5) is 0 Å². The highest BCUT2D eigenvalue weighted by molar-refractivity contribution is 7.17. The summed E-state index contributed by atoms with van der Waals surface area (Å²) in [5, 5.41) is 22.1. The van der Waals surface area contributed by atoms with Crippen LogP contribution in [0.5, 0.6) is 11.5 Å². The van der Waals surface area contributed by atoms with Crippen molar-refractivity contribution in [3.63, 3.8) is 0 Å². The second-order valence-electron chi connectivity index (χ2n) is 8.79. The number of hydrogen-bond acceptors (Lipinski definition) is 6. The van der Waals surface area contributed by atoms with Crippen molar-refractivity contribution < 1.29 is 9.84 Å². The normalized spacial score (nSPS) is 12.2. The minimum Gasteiger partial charge on any atom is -0.507 e. The van der Waals surface area contributed by atoms with E-state index in [0.29, 0.717) is 23.6 Å². The molecule has 4 N–H and O–H groups in total. The molecule has 1 atom stereocenters. The van der Waals surface area contributed by atoms with Crippen LogP contribution in [-0.2, 0) is 6.42 Å². The Labute approximate surface area is 212 Å². The van der Waals surface area contributed by atoms with Crippen molar-refractivity contribution in [3.8, 4) is 33.9 Å². The number of para-hydroxylation sites is 1. The summed E-state index contributed by atoms with van der Waals surface area (Å²) >= 11 is 1.74. The summed E-state index contributed by atoms with van der Waals surface area (Å²) in [5.41, 5.74) is 11.8. The van der Waals surface area contributed by atoms with Crippen molar-refractivity contribution in [2.24, 2.45) is 5.73 Å². The van der Waals surface area contributed by atoms with E-state index < -0.39 is 0 Å². The average molecular weight is 493 g/mol. The first-order valence-electron chi connectivity index (χ1n) is 11.7. The predicted octanol–water partition coefficient (Wildman–Crippen LogP) is 6.16. The number of rotatable bonds is 7. The van der Waals surface area contributed by atoms with Crippen LogP contribution < -0.4 is 10.5 Å². The molecule has 0 saturated carbocycles. The Bertz CT molecular complexity index is 1670. The van der Waals surface area contributed by atoms with Gasteiger partial charge in [-0.1, -0.05) is 36.4 Å². The number of aromatic hydroxyl groups is 1. The maximum absolute atomic E-state index is 10.5. The molecule has 0 bridgehead atoms. The third kappa shape index (κ3) is 4.30. The van der Waals surface area contributed by atoms with E-state index >= 15 is 0 Å². The highest BCUT2D eigenvalue weighted by Gasteiger charge is 2.16. The molecule has 6 aromatic rings. The van der Waals surface area contributed by atoms with Crippen molar-refractivity contribution in [1.29, 1.82) is 0 Å². The van der Waals surface area contributed by atoms with Gasteiger partial charge in [-0.15, -0.1) is 11.3 Å². The molecule has 7 heteroatoms. The number of H-pyrrole nitrogens is 1. The Morgan fingerprint density at radius 1 is 0.972 bits per heavy atom. The molecule has 0 amide bonds. The van der Waals surface area contributed by atoms with E-state index in [9.17, 15) is 5.11 Å². The molecule has 0 fully saturated rings. The Hall–Kier alpha value is -4.20. The molecule has 36 heavy (non-hydrogen) atoms. The molecular formula is C29H24N4O2S. The number of aromatic amines is 1. The second kappa shape index (κ2) is 9.45. The monoisotopic (exact) mass is 492 g/mol. The molecule has 0 saturated heterocycles. The van der Waals surface area contributed by atoms with Crippen LogP contribution >= 0.6 is 11.3 Å². The molecule has 0 radical (unpaired) electrons. The van der Waals surface area contributed by atoms with Gasteiger partial charge in [0.15, 0.2) is 0 Å². The molecule has 0 aliphatic carbocycles. The van der Waals surface area contributed by atoms with E-state index in [4.69, 9.17) is 15.5 Å². The topological polar surface area (TPSA) is 97.0 Å². The van der Waals surface area contributed by atoms with Crippen LogP contribution in [-0.4, -0.2) is 32.9 Å². The zero-order chi connectivity index (χ0) is 24.5. The van der Waals surface area contributed by atoms with Crippen LogP contribution in [0, 0.1) is 0 Å². The Morgan fingerprint density at radius 2 is 1.83 bits per heavy atom. The second-order valence-corrected chi connectivity index (χ2v) is 9.70. The Morgan fingerprint density at radius 3 is 2.75 bits per heavy atom. The molecule has 0 spiro atoms. The van der Waals surface area contributed by atoms with E-state index in [1.807, 2.05) is 30.3 Å². The number of ether oxygens (including phenoxy) is 1. The molecule has 6 rings (SSSR count). The zero-order valence-corrected chi connectivity index (χ0v) is 20.2. The van der Waals surface area contributed by atoms with Gasteiger partial charge in [0.1, 0.15) is 18.1 Å². The standard InChI is InChI=1S/C29H24N4O2S/c30-21(12-20-17-36-28-8-4-2-5-23(20)28)16-35-22-13-25(18-9-10-26-19(11-18)14-32-33-26)29(31-15-22)24-6-1-3-7-27(24)34/h1-11,13-15,17,21,34H,12,16,30H2,(H,32,33)/t21-/m0/s1. The fraction of sp³-hybridized carbons (Fsp3) is 0.103. The van der Waals surface area contributed by atoms with Crippen LogP contribution in [0.15, 0.2) is 90.6 Å². The van der Waals surface area contributed by atoms with Gasteiger partial charge >= 0.3 is 0 Å². The van der Waals surface area contributed by atoms with E-state index in [2.05, 4.69) is 45.9 Å². The van der Waals surface area contributed by atoms with Gasteiger partial charge in [-0.2, -0.15) is 5.10 Å². The quantitative estimate of drug-likeness (QED) is 0.248. The lowest BCUT2D eigenvalue weighted by atomic mass is 9.97. The average Bonchev–Trinajstić information content (AvgIpc) is 3.54. The molecule has 0 aliphatic rings. The molecule has 0 unspecified atom stereocenters. The van der Waals surface area contributed by atoms with Gasteiger partial charge in [-0.25, -0.2) is 0 Å². The summed E-state index contributed by atoms with van der Waals surface area (Å²) in [6.07, 6.45) is 4.21. The van der Waals surface area contributed by atoms with Gasteiger partial charge in [-0.3, -0.25) is 10.1 Å². The number of nitrogens with two attached hydrogens (primary N) is 1. The van der Waals surface area contributed by atoms with Gasteiger partial charge in [-0.05, 0) is 64.7 Å². The summed E-state index contributed by atoms with van der Waals surface area (Å²) in [7, 11) is 0. The summed E-state index contributed by atoms with van der Waals surface area (Å²) in [6.45, 7) is 0.363. The first-order valence-corrected chi connectivity index (χ1v) is 12.6. The highest BCUT2D eigenvalue weighted by Crippen LogP contribution is 2.38. The zero-order valence-electron chi connectivity index (χ0n) is 19.4. The largest absolute Gasteiger partial charge is 0.507 e. The number of nitrogens with one attached hydrogen (secondary N) is 1. The van der Waals surface area contributed by atoms with Gasteiger partial charge in [0.2, 0.25) is 0 Å². The Balaban J connectivity index is 1.29. The minimum atomic E-state index is -0.161. The van der Waals surface area contributed by atoms with Crippen LogP contribution in [0.1, 0.15) is 5.56 Å². The van der Waals surface area contributed by atoms with Crippen LogP contribution in [0.2, 0.25) is 0 Å². The fourth-order valence-electron chi connectivity index (χ4n) is 4.48. The number of fused-ring (bicyclic) bond motifs is 2. The molecular weight excluding hydrogens is 468 g/mol. The van der Waals surface area contributed by atoms with Gasteiger partial charge in [0, 0.05) is 27.3 Å². The molecule has 3 aromatic carbocycles. The van der Waals surface area contributed by atoms with Gasteiger partial charge < -0.3 is 15.6 Å². The third-order valence-electron chi connectivity index (χ3n) is 6.28. The lowest BCUT2D eigenvalue weighted by molar-refractivity contribution is 0.287. The third-order valence-corrected chi connectivity index (χ3v) is 7.29. The smallest absolute Gasteiger partial charge is 0.138 e. The SMILES string of the molecule is N[C@H](COc1cnc(-c2ccccc2O)c(-c2ccc3[nH]ncc3c2)c1)Cc1csc2ccccc12. The number of benzene rings is 3. The Kier molecular flexibility index (Phi) is 5.85. The summed E-state index contributed by atoms with van der Waals surface area (Å²) in [5.74, 6) is 0.802. The van der Waals surface area contributed by atoms with Gasteiger partial charge in [0.25, 0.3) is 0 Å². The number of pyridine rings is 1. The predicted molar refractivity (Wildman–Crippen MR) is 145 cm³/mol. The summed E-state index contributed by atoms with van der Waals surface area (Å²) in [4.78, 5) is 4.70. The number of phenolic OH excluding ortho intramolecular Hbond substituents is 1. The number of aromatic nitrogens is 3. The maximum Gasteiger partial charge on any atom is 0.138 e. The van der Waals surface area contributed by atoms with E-state index in [1.54, 1.807) is 35.9 Å². The van der Waals surface area contributed by atoms with Crippen LogP contribution in [0.3, 0.4) is 0 Å². The van der Waals surface area contributed by atoms with Crippen molar-refractivity contribution >= 4 is 32.3 Å². The number of nitrogens with zero attached hydrogens (tertiary/aromatic N) is 2. The molecule has 3 aromatic heterocycles. The fourth-order valence-corrected chi connectivity index (χ4v) is 5.45. The van der Waals surface area contributed by atoms with E-state index in [0.717, 1.165) is 28.5 Å². The lowest BCUT2D eigenvalue weighted by Gasteiger charge is -2.16. The molecule has 178 valence electrons. The first-order chi connectivity index (χ1) is 17.7. The molecule has 3 heterocycles. The molecule has 0 aliphatic heterocycles. The number of phenols is 1. The van der Waals surface area contributed by atoms with E-state index in [1.165, 1.54) is 15.6 Å². The van der Waals surface area contributed by atoms with Crippen molar-refractivity contribution in [2.75, 3.05) is 6.61 Å². The van der Waals surface area contributed by atoms with Crippen molar-refractivity contribution in [1.82, 2.24) is 15.2 Å².